The molecule has 1 aliphatic rings. The molecule has 1 heterocycles. The highest BCUT2D eigenvalue weighted by Gasteiger charge is 2.13. The lowest BCUT2D eigenvalue weighted by molar-refractivity contribution is 0.265. The second kappa shape index (κ2) is 4.45. The minimum absolute atomic E-state index is 0.585. The third-order valence-corrected chi connectivity index (χ3v) is 3.97. The number of thiazole rings is 1. The van der Waals surface area contributed by atoms with Crippen LogP contribution in [0.15, 0.2) is 6.08 Å². The SMILES string of the molecule is CC(C)N(C)Cc1nc2c(s1)CCC=C2. The van der Waals surface area contributed by atoms with E-state index in [-0.39, 0.29) is 0 Å². The Labute approximate surface area is 95.6 Å². The van der Waals surface area contributed by atoms with Gasteiger partial charge in [0.25, 0.3) is 0 Å². The topological polar surface area (TPSA) is 16.1 Å². The van der Waals surface area contributed by atoms with Gasteiger partial charge >= 0.3 is 0 Å². The van der Waals surface area contributed by atoms with Crippen molar-refractivity contribution >= 4 is 17.4 Å². The van der Waals surface area contributed by atoms with Gasteiger partial charge in [0, 0.05) is 10.9 Å². The zero-order valence-electron chi connectivity index (χ0n) is 9.66. The van der Waals surface area contributed by atoms with E-state index in [1.807, 2.05) is 11.3 Å². The van der Waals surface area contributed by atoms with Crippen molar-refractivity contribution < 1.29 is 0 Å². The average molecular weight is 222 g/mol. The molecule has 1 aromatic heterocycles. The van der Waals surface area contributed by atoms with Gasteiger partial charge < -0.3 is 0 Å². The van der Waals surface area contributed by atoms with Crippen LogP contribution in [-0.2, 0) is 13.0 Å². The van der Waals surface area contributed by atoms with Crippen molar-refractivity contribution in [2.24, 2.45) is 0 Å². The lowest BCUT2D eigenvalue weighted by Crippen LogP contribution is -2.25. The second-order valence-electron chi connectivity index (χ2n) is 4.37. The molecule has 15 heavy (non-hydrogen) atoms. The molecule has 0 saturated heterocycles. The molecule has 0 aromatic carbocycles. The Morgan fingerprint density at radius 2 is 2.33 bits per heavy atom. The Morgan fingerprint density at radius 1 is 1.53 bits per heavy atom. The van der Waals surface area contributed by atoms with Gasteiger partial charge in [0.05, 0.1) is 12.2 Å². The van der Waals surface area contributed by atoms with Crippen LogP contribution < -0.4 is 0 Å². The molecule has 0 amide bonds. The van der Waals surface area contributed by atoms with Crippen LogP contribution >= 0.6 is 11.3 Å². The first-order valence-corrected chi connectivity index (χ1v) is 6.34. The van der Waals surface area contributed by atoms with Crippen molar-refractivity contribution in [1.82, 2.24) is 9.88 Å². The van der Waals surface area contributed by atoms with Crippen molar-refractivity contribution in [2.45, 2.75) is 39.3 Å². The van der Waals surface area contributed by atoms with Crippen LogP contribution in [0.3, 0.4) is 0 Å². The highest BCUT2D eigenvalue weighted by atomic mass is 32.1. The first kappa shape index (κ1) is 10.8. The Balaban J connectivity index is 2.10. The molecule has 2 nitrogen and oxygen atoms in total. The zero-order chi connectivity index (χ0) is 10.8. The summed E-state index contributed by atoms with van der Waals surface area (Å²) in [5.74, 6) is 0. The van der Waals surface area contributed by atoms with Crippen molar-refractivity contribution in [1.29, 1.82) is 0 Å². The van der Waals surface area contributed by atoms with E-state index in [1.165, 1.54) is 28.4 Å². The number of hydrogen-bond acceptors (Lipinski definition) is 3. The summed E-state index contributed by atoms with van der Waals surface area (Å²) in [4.78, 5) is 8.45. The second-order valence-corrected chi connectivity index (χ2v) is 5.53. The van der Waals surface area contributed by atoms with Crippen LogP contribution in [0.4, 0.5) is 0 Å². The van der Waals surface area contributed by atoms with Crippen LogP contribution in [0.1, 0.15) is 35.8 Å². The molecule has 0 fully saturated rings. The summed E-state index contributed by atoms with van der Waals surface area (Å²) in [5, 5.41) is 1.25. The Bertz CT molecular complexity index is 366. The summed E-state index contributed by atoms with van der Waals surface area (Å²) in [5.41, 5.74) is 1.21. The molecule has 0 aliphatic heterocycles. The van der Waals surface area contributed by atoms with Crippen LogP contribution in [0, 0.1) is 0 Å². The van der Waals surface area contributed by atoms with E-state index in [9.17, 15) is 0 Å². The standard InChI is InChI=1S/C12H18N2S/c1-9(2)14(3)8-12-13-10-6-4-5-7-11(10)15-12/h4,6,9H,5,7-8H2,1-3H3. The maximum atomic E-state index is 4.66. The molecule has 0 N–H and O–H groups in total. The molecule has 0 bridgehead atoms. The maximum Gasteiger partial charge on any atom is 0.108 e. The van der Waals surface area contributed by atoms with Crippen LogP contribution in [0.2, 0.25) is 0 Å². The fourth-order valence-electron chi connectivity index (χ4n) is 1.60. The summed E-state index contributed by atoms with van der Waals surface area (Å²) in [6, 6.07) is 0.585. The summed E-state index contributed by atoms with van der Waals surface area (Å²) >= 11 is 1.88. The molecule has 1 aromatic rings. The molecule has 0 unspecified atom stereocenters. The van der Waals surface area contributed by atoms with E-state index in [0.717, 1.165) is 6.54 Å². The van der Waals surface area contributed by atoms with Gasteiger partial charge in [0.1, 0.15) is 5.01 Å². The van der Waals surface area contributed by atoms with E-state index in [2.05, 4.69) is 42.9 Å². The Hall–Kier alpha value is -0.670. The van der Waals surface area contributed by atoms with Crippen LogP contribution in [0.25, 0.3) is 6.08 Å². The smallest absolute Gasteiger partial charge is 0.108 e. The number of hydrogen-bond donors (Lipinski definition) is 0. The monoisotopic (exact) mass is 222 g/mol. The molecule has 0 saturated carbocycles. The molecular weight excluding hydrogens is 204 g/mol. The van der Waals surface area contributed by atoms with Crippen molar-refractivity contribution in [3.05, 3.63) is 21.7 Å². The molecular formula is C12H18N2S. The molecule has 82 valence electrons. The predicted octanol–water partition coefficient (Wildman–Crippen LogP) is 2.94. The third-order valence-electron chi connectivity index (χ3n) is 2.85. The van der Waals surface area contributed by atoms with Crippen LogP contribution in [0.5, 0.6) is 0 Å². The van der Waals surface area contributed by atoms with E-state index in [4.69, 9.17) is 0 Å². The summed E-state index contributed by atoms with van der Waals surface area (Å²) < 4.78 is 0. The van der Waals surface area contributed by atoms with Gasteiger partial charge in [-0.25, -0.2) is 4.98 Å². The summed E-state index contributed by atoms with van der Waals surface area (Å²) in [7, 11) is 2.15. The number of allylic oxidation sites excluding steroid dienone is 1. The number of aromatic nitrogens is 1. The van der Waals surface area contributed by atoms with Gasteiger partial charge in [-0.1, -0.05) is 6.08 Å². The fraction of sp³-hybridized carbons (Fsp3) is 0.583. The molecule has 0 radical (unpaired) electrons. The Kier molecular flexibility index (Phi) is 3.22. The first-order valence-electron chi connectivity index (χ1n) is 5.52. The molecule has 1 aliphatic carbocycles. The molecule has 2 rings (SSSR count). The average Bonchev–Trinajstić information content (AvgIpc) is 2.59. The van der Waals surface area contributed by atoms with Crippen molar-refractivity contribution in [3.63, 3.8) is 0 Å². The third kappa shape index (κ3) is 2.47. The predicted molar refractivity (Wildman–Crippen MR) is 66.1 cm³/mol. The van der Waals surface area contributed by atoms with Gasteiger partial charge in [-0.05, 0) is 39.8 Å². The van der Waals surface area contributed by atoms with E-state index in [0.29, 0.717) is 6.04 Å². The van der Waals surface area contributed by atoms with E-state index in [1.54, 1.807) is 0 Å². The number of fused-ring (bicyclic) bond motifs is 1. The number of rotatable bonds is 3. The largest absolute Gasteiger partial charge is 0.297 e. The lowest BCUT2D eigenvalue weighted by atomic mass is 10.1. The summed E-state index contributed by atoms with van der Waals surface area (Å²) in [6.45, 7) is 5.41. The van der Waals surface area contributed by atoms with Crippen molar-refractivity contribution in [2.75, 3.05) is 7.05 Å². The van der Waals surface area contributed by atoms with E-state index < -0.39 is 0 Å². The first-order chi connectivity index (χ1) is 7.16. The number of nitrogens with zero attached hydrogens (tertiary/aromatic N) is 2. The van der Waals surface area contributed by atoms with Crippen LogP contribution in [-0.4, -0.2) is 23.0 Å². The zero-order valence-corrected chi connectivity index (χ0v) is 10.5. The maximum absolute atomic E-state index is 4.66. The molecule has 3 heteroatoms. The normalized spacial score (nSPS) is 15.0. The van der Waals surface area contributed by atoms with Gasteiger partial charge in [0.15, 0.2) is 0 Å². The quantitative estimate of drug-likeness (QED) is 0.781. The molecule has 0 atom stereocenters. The Morgan fingerprint density at radius 3 is 3.00 bits per heavy atom. The minimum Gasteiger partial charge on any atom is -0.297 e. The highest BCUT2D eigenvalue weighted by molar-refractivity contribution is 7.11. The summed E-state index contributed by atoms with van der Waals surface area (Å²) in [6.07, 6.45) is 6.73. The van der Waals surface area contributed by atoms with Gasteiger partial charge in [-0.2, -0.15) is 0 Å². The van der Waals surface area contributed by atoms with E-state index >= 15 is 0 Å². The van der Waals surface area contributed by atoms with Crippen molar-refractivity contribution in [3.8, 4) is 0 Å². The highest BCUT2D eigenvalue weighted by Crippen LogP contribution is 2.26. The lowest BCUT2D eigenvalue weighted by Gasteiger charge is -2.19. The number of aryl methyl sites for hydroxylation is 1. The minimum atomic E-state index is 0.585. The molecule has 0 spiro atoms. The van der Waals surface area contributed by atoms with Gasteiger partial charge in [-0.15, -0.1) is 11.3 Å². The van der Waals surface area contributed by atoms with Gasteiger partial charge in [0.2, 0.25) is 0 Å². The fourth-order valence-corrected chi connectivity index (χ4v) is 2.73. The van der Waals surface area contributed by atoms with Gasteiger partial charge in [-0.3, -0.25) is 4.90 Å².